The summed E-state index contributed by atoms with van der Waals surface area (Å²) in [7, 11) is 4.21. The molecule has 0 radical (unpaired) electrons. The Labute approximate surface area is 402 Å². The van der Waals surface area contributed by atoms with E-state index >= 15 is 0 Å². The van der Waals surface area contributed by atoms with E-state index in [4.69, 9.17) is 0 Å². The van der Waals surface area contributed by atoms with Crippen LogP contribution in [0.15, 0.2) is 279 Å². The fourth-order valence-corrected chi connectivity index (χ4v) is 8.42. The highest BCUT2D eigenvalue weighted by Crippen LogP contribution is 2.39. The van der Waals surface area contributed by atoms with Crippen molar-refractivity contribution in [2.45, 2.75) is 6.92 Å². The van der Waals surface area contributed by atoms with Gasteiger partial charge < -0.3 is 24.5 Å². The first-order valence-corrected chi connectivity index (χ1v) is 23.1. The summed E-state index contributed by atoms with van der Waals surface area (Å²) in [6.45, 7) is 2.13. The number of para-hydroxylation sites is 6. The quantitative estimate of drug-likeness (QED) is 0.114. The minimum atomic E-state index is 1.12. The predicted octanol–water partition coefficient (Wildman–Crippen LogP) is 17.6. The largest absolute Gasteiger partial charge is 0.345 e. The molecule has 5 heteroatoms. The van der Waals surface area contributed by atoms with Crippen LogP contribution in [0, 0.1) is 6.92 Å². The number of anilines is 13. The molecule has 0 fully saturated rings. The third-order valence-electron chi connectivity index (χ3n) is 12.0. The van der Waals surface area contributed by atoms with Gasteiger partial charge in [-0.25, -0.2) is 0 Å². The van der Waals surface area contributed by atoms with Crippen LogP contribution < -0.4 is 24.5 Å². The Balaban J connectivity index is 0.000000185. The topological polar surface area (TPSA) is 16.2 Å². The SMILES string of the molecule is CN(c1ccccc1)c1ccc(N(c2ccccc2)c2ccccc2)cc1.Cc1cccc(N(c2ccccc2)c2ccc(N(C)c3ccc(N(c4ccccc4)c4ccccc4)cc3)cc2)c1. The fourth-order valence-electron chi connectivity index (χ4n) is 8.42. The molecule has 0 atom stereocenters. The molecule has 0 saturated carbocycles. The zero-order valence-corrected chi connectivity index (χ0v) is 38.8. The molecule has 10 rings (SSSR count). The number of rotatable bonds is 13. The molecule has 0 bridgehead atoms. The van der Waals surface area contributed by atoms with Gasteiger partial charge >= 0.3 is 0 Å². The molecule has 0 aromatic heterocycles. The standard InChI is InChI=1S/C38H33N3.C25H22N2/c1-30-13-12-20-38(29-30)41(35-18-10-5-11-19-35)37-27-23-32(24-28-37)39(2)31-21-25-36(26-22-31)40(33-14-6-3-7-15-33)34-16-8-4-9-17-34;1-26(21-11-5-2-6-12-21)22-17-19-25(20-18-22)27(23-13-7-3-8-14-23)24-15-9-4-10-16-24/h3-29H,1-2H3;2-20H,1H3. The van der Waals surface area contributed by atoms with Crippen LogP contribution >= 0.6 is 0 Å². The Morgan fingerprint density at radius 3 is 0.647 bits per heavy atom. The lowest BCUT2D eigenvalue weighted by Gasteiger charge is -2.27. The van der Waals surface area contributed by atoms with Crippen LogP contribution in [0.3, 0.4) is 0 Å². The van der Waals surface area contributed by atoms with Crippen LogP contribution in [-0.2, 0) is 0 Å². The maximum Gasteiger partial charge on any atom is 0.0464 e. The van der Waals surface area contributed by atoms with E-state index in [-0.39, 0.29) is 0 Å². The Morgan fingerprint density at radius 2 is 0.382 bits per heavy atom. The minimum absolute atomic E-state index is 1.12. The lowest BCUT2D eigenvalue weighted by Crippen LogP contribution is -2.13. The first-order chi connectivity index (χ1) is 33.5. The average Bonchev–Trinajstić information content (AvgIpc) is 3.41. The number of aryl methyl sites for hydroxylation is 1. The third kappa shape index (κ3) is 10.5. The second-order valence-electron chi connectivity index (χ2n) is 16.5. The van der Waals surface area contributed by atoms with Crippen LogP contribution in [-0.4, -0.2) is 14.1 Å². The summed E-state index contributed by atoms with van der Waals surface area (Å²) in [5.41, 5.74) is 16.0. The van der Waals surface area contributed by atoms with Crippen LogP contribution in [0.25, 0.3) is 0 Å². The normalized spacial score (nSPS) is 10.6. The van der Waals surface area contributed by atoms with Gasteiger partial charge in [-0.1, -0.05) is 121 Å². The maximum atomic E-state index is 2.30. The van der Waals surface area contributed by atoms with E-state index in [1.807, 2.05) is 18.2 Å². The van der Waals surface area contributed by atoms with Crippen molar-refractivity contribution < 1.29 is 0 Å². The average molecular weight is 882 g/mol. The van der Waals surface area contributed by atoms with Gasteiger partial charge in [-0.3, -0.25) is 0 Å². The van der Waals surface area contributed by atoms with Crippen molar-refractivity contribution in [2.75, 3.05) is 38.6 Å². The lowest BCUT2D eigenvalue weighted by molar-refractivity contribution is 1.20. The van der Waals surface area contributed by atoms with E-state index in [0.29, 0.717) is 0 Å². The molecule has 332 valence electrons. The molecule has 0 heterocycles. The molecule has 0 unspecified atom stereocenters. The highest BCUT2D eigenvalue weighted by atomic mass is 15.2. The first kappa shape index (κ1) is 44.4. The van der Waals surface area contributed by atoms with Crippen molar-refractivity contribution in [2.24, 2.45) is 0 Å². The van der Waals surface area contributed by atoms with Gasteiger partial charge in [0.05, 0.1) is 0 Å². The highest BCUT2D eigenvalue weighted by Gasteiger charge is 2.16. The molecule has 0 saturated heterocycles. The second kappa shape index (κ2) is 21.5. The van der Waals surface area contributed by atoms with Crippen molar-refractivity contribution >= 4 is 73.9 Å². The van der Waals surface area contributed by atoms with E-state index < -0.39 is 0 Å². The third-order valence-corrected chi connectivity index (χ3v) is 12.0. The molecular weight excluding hydrogens is 827 g/mol. The molecule has 5 nitrogen and oxygen atoms in total. The Hall–Kier alpha value is -8.80. The zero-order chi connectivity index (χ0) is 46.5. The summed E-state index contributed by atoms with van der Waals surface area (Å²) < 4.78 is 0. The molecule has 0 spiro atoms. The minimum Gasteiger partial charge on any atom is -0.345 e. The highest BCUT2D eigenvalue weighted by molar-refractivity contribution is 5.81. The van der Waals surface area contributed by atoms with Crippen LogP contribution in [0.2, 0.25) is 0 Å². The molecular formula is C63H55N5. The summed E-state index contributed by atoms with van der Waals surface area (Å²) in [6, 6.07) is 97.7. The van der Waals surface area contributed by atoms with Crippen LogP contribution in [0.5, 0.6) is 0 Å². The van der Waals surface area contributed by atoms with E-state index in [1.54, 1.807) is 0 Å². The van der Waals surface area contributed by atoms with E-state index in [9.17, 15) is 0 Å². The molecule has 0 aliphatic rings. The molecule has 10 aromatic carbocycles. The molecule has 0 amide bonds. The molecule has 10 aromatic rings. The van der Waals surface area contributed by atoms with Crippen LogP contribution in [0.4, 0.5) is 73.9 Å². The second-order valence-corrected chi connectivity index (χ2v) is 16.5. The summed E-state index contributed by atoms with van der Waals surface area (Å²) in [4.78, 5) is 11.3. The lowest BCUT2D eigenvalue weighted by atomic mass is 10.1. The van der Waals surface area contributed by atoms with Gasteiger partial charge in [0, 0.05) is 88.0 Å². The van der Waals surface area contributed by atoms with Crippen molar-refractivity contribution in [3.63, 3.8) is 0 Å². The monoisotopic (exact) mass is 881 g/mol. The van der Waals surface area contributed by atoms with Gasteiger partial charge in [-0.2, -0.15) is 0 Å². The van der Waals surface area contributed by atoms with Gasteiger partial charge in [0.1, 0.15) is 0 Å². The number of hydrogen-bond donors (Lipinski definition) is 0. The van der Waals surface area contributed by atoms with Gasteiger partial charge in [0.15, 0.2) is 0 Å². The van der Waals surface area contributed by atoms with Gasteiger partial charge in [0.2, 0.25) is 0 Å². The number of nitrogens with zero attached hydrogens (tertiary/aromatic N) is 5. The summed E-state index contributed by atoms with van der Waals surface area (Å²) in [5, 5.41) is 0. The van der Waals surface area contributed by atoms with E-state index in [2.05, 4.69) is 306 Å². The summed E-state index contributed by atoms with van der Waals surface area (Å²) in [6.07, 6.45) is 0. The molecule has 0 aliphatic carbocycles. The van der Waals surface area contributed by atoms with Gasteiger partial charge in [-0.05, 0) is 170 Å². The maximum absolute atomic E-state index is 2.30. The zero-order valence-electron chi connectivity index (χ0n) is 38.8. The smallest absolute Gasteiger partial charge is 0.0464 e. The number of hydrogen-bond acceptors (Lipinski definition) is 5. The van der Waals surface area contributed by atoms with Gasteiger partial charge in [-0.15, -0.1) is 0 Å². The van der Waals surface area contributed by atoms with Crippen molar-refractivity contribution in [3.05, 3.63) is 285 Å². The summed E-state index contributed by atoms with van der Waals surface area (Å²) in [5.74, 6) is 0. The van der Waals surface area contributed by atoms with Crippen molar-refractivity contribution in [1.29, 1.82) is 0 Å². The molecule has 0 aliphatic heterocycles. The van der Waals surface area contributed by atoms with Crippen LogP contribution in [0.1, 0.15) is 5.56 Å². The van der Waals surface area contributed by atoms with Crippen molar-refractivity contribution in [3.8, 4) is 0 Å². The van der Waals surface area contributed by atoms with Gasteiger partial charge in [0.25, 0.3) is 0 Å². The number of benzene rings is 10. The Kier molecular flexibility index (Phi) is 14.0. The van der Waals surface area contributed by atoms with E-state index in [0.717, 1.165) is 68.2 Å². The Bertz CT molecular complexity index is 2980. The first-order valence-electron chi connectivity index (χ1n) is 23.1. The summed E-state index contributed by atoms with van der Waals surface area (Å²) >= 11 is 0. The molecule has 0 N–H and O–H groups in total. The molecule has 68 heavy (non-hydrogen) atoms. The van der Waals surface area contributed by atoms with Crippen molar-refractivity contribution in [1.82, 2.24) is 0 Å². The van der Waals surface area contributed by atoms with E-state index in [1.165, 1.54) is 11.3 Å². The Morgan fingerprint density at radius 1 is 0.191 bits per heavy atom. The fraction of sp³-hybridized carbons (Fsp3) is 0.0476. The predicted molar refractivity (Wildman–Crippen MR) is 291 cm³/mol.